The van der Waals surface area contributed by atoms with E-state index in [9.17, 15) is 0 Å². The van der Waals surface area contributed by atoms with Gasteiger partial charge in [-0.2, -0.15) is 0 Å². The Kier molecular flexibility index (Phi) is 12.3. The molecule has 0 aliphatic heterocycles. The first-order valence-corrected chi connectivity index (χ1v) is 28.0. The van der Waals surface area contributed by atoms with Crippen molar-refractivity contribution in [2.24, 2.45) is 0 Å². The summed E-state index contributed by atoms with van der Waals surface area (Å²) in [6, 6.07) is 73.2. The molecule has 4 heterocycles. The van der Waals surface area contributed by atoms with Crippen LogP contribution in [0.5, 0.6) is 0 Å². The number of fused-ring (bicyclic) bond motifs is 7. The Balaban J connectivity index is 1.13. The predicted octanol–water partition coefficient (Wildman–Crippen LogP) is 18.5. The van der Waals surface area contributed by atoms with Crippen molar-refractivity contribution < 1.29 is 0 Å². The minimum atomic E-state index is -0.129. The molecule has 396 valence electrons. The lowest BCUT2D eigenvalue weighted by Gasteiger charge is -2.26. The zero-order chi connectivity index (χ0) is 56.0. The van der Waals surface area contributed by atoms with Gasteiger partial charge in [0.1, 0.15) is 0 Å². The number of hydrogen-bond acceptors (Lipinski definition) is 6. The zero-order valence-corrected chi connectivity index (χ0v) is 47.7. The van der Waals surface area contributed by atoms with Crippen LogP contribution < -0.4 is 0 Å². The van der Waals surface area contributed by atoms with E-state index in [2.05, 4.69) is 248 Å². The molecule has 0 fully saturated rings. The maximum atomic E-state index is 5.51. The highest BCUT2D eigenvalue weighted by Crippen LogP contribution is 2.44. The second-order valence-electron chi connectivity index (χ2n) is 24.6. The molecule has 0 atom stereocenters. The average molecular weight is 1050 g/mol. The fourth-order valence-electron chi connectivity index (χ4n) is 11.3. The number of hydrogen-bond donors (Lipinski definition) is 0. The molecule has 8 nitrogen and oxygen atoms in total. The molecule has 8 heteroatoms. The van der Waals surface area contributed by atoms with Crippen LogP contribution in [0.15, 0.2) is 206 Å². The van der Waals surface area contributed by atoms with Crippen LogP contribution in [0.4, 0.5) is 0 Å². The lowest BCUT2D eigenvalue weighted by atomic mass is 9.79. The molecule has 81 heavy (non-hydrogen) atoms. The molecule has 0 bridgehead atoms. The summed E-state index contributed by atoms with van der Waals surface area (Å²) in [7, 11) is 0. The molecule has 13 rings (SSSR count). The van der Waals surface area contributed by atoms with Crippen molar-refractivity contribution in [1.82, 2.24) is 39.0 Å². The first-order valence-electron chi connectivity index (χ1n) is 28.0. The Labute approximate surface area is 474 Å². The average Bonchev–Trinajstić information content (AvgIpc) is 4.23. The Morgan fingerprint density at radius 2 is 0.753 bits per heavy atom. The van der Waals surface area contributed by atoms with Crippen LogP contribution in [-0.4, -0.2) is 39.0 Å². The summed E-state index contributed by atoms with van der Waals surface area (Å²) < 4.78 is 4.82. The first kappa shape index (κ1) is 51.1. The van der Waals surface area contributed by atoms with Gasteiger partial charge in [0.15, 0.2) is 34.9 Å². The lowest BCUT2D eigenvalue weighted by Crippen LogP contribution is -2.17. The second kappa shape index (κ2) is 19.5. The van der Waals surface area contributed by atoms with Crippen molar-refractivity contribution in [3.05, 3.63) is 229 Å². The molecule has 9 aromatic carbocycles. The molecule has 0 saturated heterocycles. The van der Waals surface area contributed by atoms with E-state index >= 15 is 0 Å². The molecule has 0 aliphatic carbocycles. The summed E-state index contributed by atoms with van der Waals surface area (Å²) in [6.07, 6.45) is 0. The largest absolute Gasteiger partial charge is 0.309 e. The summed E-state index contributed by atoms with van der Waals surface area (Å²) in [5.41, 5.74) is 16.0. The third-order valence-electron chi connectivity index (χ3n) is 15.7. The van der Waals surface area contributed by atoms with Gasteiger partial charge in [-0.1, -0.05) is 201 Å². The van der Waals surface area contributed by atoms with Gasteiger partial charge in [0.25, 0.3) is 0 Å². The summed E-state index contributed by atoms with van der Waals surface area (Å²) >= 11 is 0. The highest BCUT2D eigenvalue weighted by Gasteiger charge is 2.27. The second-order valence-corrected chi connectivity index (χ2v) is 24.6. The topological polar surface area (TPSA) is 87.2 Å². The fraction of sp³-hybridized carbons (Fsp3) is 0.178. The third kappa shape index (κ3) is 9.34. The van der Waals surface area contributed by atoms with Gasteiger partial charge < -0.3 is 9.13 Å². The molecule has 0 amide bonds. The standard InChI is InChI=1S/C73H64N8/c1-45-38-49(40-51(39-45)71(2,3)4)68-75-67(76-69(77-68)50-41-52(72(5,6)7)44-53(42-50)73(8,9)10)48-34-36-61(58(43-48)70-78-65(46-24-14-11-15-25-46)74-66(79-70)47-26-16-12-17-27-47)81-60-33-23-21-31-57(60)63-62(81)37-35-56-55-30-20-22-32-59(55)80(64(56)63)54-28-18-13-19-29-54/h11-44H,1-10H3. The highest BCUT2D eigenvalue weighted by atomic mass is 15.1. The number of nitrogens with zero attached hydrogens (tertiary/aromatic N) is 8. The number of aryl methyl sites for hydroxylation is 1. The van der Waals surface area contributed by atoms with Gasteiger partial charge in [-0.25, -0.2) is 29.9 Å². The smallest absolute Gasteiger partial charge is 0.166 e. The molecule has 0 N–H and O–H groups in total. The van der Waals surface area contributed by atoms with Crippen LogP contribution in [0.3, 0.4) is 0 Å². The van der Waals surface area contributed by atoms with Crippen molar-refractivity contribution in [2.75, 3.05) is 0 Å². The van der Waals surface area contributed by atoms with Gasteiger partial charge in [-0.05, 0) is 113 Å². The molecule has 0 saturated carbocycles. The third-order valence-corrected chi connectivity index (χ3v) is 15.7. The van der Waals surface area contributed by atoms with Gasteiger partial charge in [0.2, 0.25) is 0 Å². The number of benzene rings is 9. The number of aromatic nitrogens is 8. The van der Waals surface area contributed by atoms with E-state index in [-0.39, 0.29) is 16.2 Å². The first-order chi connectivity index (χ1) is 38.9. The Bertz CT molecular complexity index is 4480. The van der Waals surface area contributed by atoms with Gasteiger partial charge in [-0.3, -0.25) is 0 Å². The van der Waals surface area contributed by atoms with E-state index in [1.807, 2.05) is 36.4 Å². The zero-order valence-electron chi connectivity index (χ0n) is 47.7. The van der Waals surface area contributed by atoms with Crippen LogP contribution in [0.25, 0.3) is 123 Å². The molecule has 0 spiro atoms. The van der Waals surface area contributed by atoms with E-state index in [0.717, 1.165) is 83.2 Å². The molecular weight excluding hydrogens is 989 g/mol. The molecule has 0 aliphatic rings. The maximum Gasteiger partial charge on any atom is 0.166 e. The van der Waals surface area contributed by atoms with E-state index < -0.39 is 0 Å². The van der Waals surface area contributed by atoms with Gasteiger partial charge in [-0.15, -0.1) is 0 Å². The number of para-hydroxylation sites is 3. The van der Waals surface area contributed by atoms with Crippen molar-refractivity contribution in [1.29, 1.82) is 0 Å². The van der Waals surface area contributed by atoms with Crippen LogP contribution >= 0.6 is 0 Å². The van der Waals surface area contributed by atoms with Crippen LogP contribution in [0.2, 0.25) is 0 Å². The quantitative estimate of drug-likeness (QED) is 0.151. The fourth-order valence-corrected chi connectivity index (χ4v) is 11.3. The Morgan fingerprint density at radius 1 is 0.309 bits per heavy atom. The normalized spacial score (nSPS) is 12.3. The van der Waals surface area contributed by atoms with Gasteiger partial charge >= 0.3 is 0 Å². The molecule has 0 unspecified atom stereocenters. The van der Waals surface area contributed by atoms with Crippen molar-refractivity contribution >= 4 is 43.6 Å². The Morgan fingerprint density at radius 3 is 1.31 bits per heavy atom. The van der Waals surface area contributed by atoms with Gasteiger partial charge in [0.05, 0.1) is 27.8 Å². The monoisotopic (exact) mass is 1050 g/mol. The Hall–Kier alpha value is -9.40. The number of rotatable bonds is 8. The van der Waals surface area contributed by atoms with E-state index in [0.29, 0.717) is 34.9 Å². The molecular formula is C73H64N8. The lowest BCUT2D eigenvalue weighted by molar-refractivity contribution is 0.569. The molecule has 4 aromatic heterocycles. The highest BCUT2D eigenvalue weighted by molar-refractivity contribution is 6.26. The minimum absolute atomic E-state index is 0.106. The van der Waals surface area contributed by atoms with Crippen LogP contribution in [-0.2, 0) is 16.2 Å². The summed E-state index contributed by atoms with van der Waals surface area (Å²) in [5.74, 6) is 3.40. The summed E-state index contributed by atoms with van der Waals surface area (Å²) in [5, 5.41) is 4.66. The van der Waals surface area contributed by atoms with Crippen molar-refractivity contribution in [2.45, 2.75) is 85.5 Å². The van der Waals surface area contributed by atoms with Crippen molar-refractivity contribution in [3.63, 3.8) is 0 Å². The van der Waals surface area contributed by atoms with E-state index in [1.165, 1.54) is 27.5 Å². The van der Waals surface area contributed by atoms with Crippen LogP contribution in [0.1, 0.15) is 84.6 Å². The molecule has 13 aromatic rings. The molecule has 0 radical (unpaired) electrons. The SMILES string of the molecule is Cc1cc(-c2nc(-c3cc(C(C)(C)C)cc(C(C)(C)C)c3)nc(-c3ccc(-n4c5ccccc5c5c4ccc4c6ccccc6n(-c6ccccc6)c45)c(-c4nc(-c5ccccc5)nc(-c5ccccc5)n4)c3)n2)cc(C(C)(C)C)c1. The summed E-state index contributed by atoms with van der Waals surface area (Å²) in [6.45, 7) is 22.5. The van der Waals surface area contributed by atoms with Crippen LogP contribution in [0, 0.1) is 6.92 Å². The van der Waals surface area contributed by atoms with E-state index in [1.54, 1.807) is 0 Å². The van der Waals surface area contributed by atoms with E-state index in [4.69, 9.17) is 29.9 Å². The predicted molar refractivity (Wildman–Crippen MR) is 335 cm³/mol. The maximum absolute atomic E-state index is 5.51. The minimum Gasteiger partial charge on any atom is -0.309 e. The van der Waals surface area contributed by atoms with Crippen molar-refractivity contribution in [3.8, 4) is 79.7 Å². The summed E-state index contributed by atoms with van der Waals surface area (Å²) in [4.78, 5) is 32.4. The van der Waals surface area contributed by atoms with Gasteiger partial charge in [0, 0.05) is 60.6 Å².